The fraction of sp³-hybridized carbons (Fsp3) is 0.500. The average molecular weight is 358 g/mol. The molecule has 1 fully saturated rings. The van der Waals surface area contributed by atoms with Crippen LogP contribution in [0.4, 0.5) is 0 Å². The van der Waals surface area contributed by atoms with Gasteiger partial charge in [-0.25, -0.2) is 0 Å². The lowest BCUT2D eigenvalue weighted by molar-refractivity contribution is 0.0939. The molecule has 3 rings (SSSR count). The van der Waals surface area contributed by atoms with E-state index in [0.717, 1.165) is 17.7 Å². The number of carbonyl (C=O) groups is 1. The van der Waals surface area contributed by atoms with Crippen LogP contribution in [0.2, 0.25) is 0 Å². The summed E-state index contributed by atoms with van der Waals surface area (Å²) in [5, 5.41) is 5.28. The van der Waals surface area contributed by atoms with Gasteiger partial charge in [-0.05, 0) is 30.4 Å². The second kappa shape index (κ2) is 5.94. The quantitative estimate of drug-likeness (QED) is 0.607. The van der Waals surface area contributed by atoms with Crippen molar-refractivity contribution < 1.29 is 4.79 Å². The molecule has 0 radical (unpaired) electrons. The molecular formula is C14H16BrNOS2. The molecule has 1 saturated carbocycles. The molecule has 1 aliphatic carbocycles. The second-order valence-electron chi connectivity index (χ2n) is 4.99. The third-order valence-corrected chi connectivity index (χ3v) is 6.80. The number of thiophene rings is 2. The average Bonchev–Trinajstić information content (AvgIpc) is 2.91. The molecule has 2 atom stereocenters. The molecule has 2 aromatic rings. The zero-order chi connectivity index (χ0) is 13.2. The molecule has 0 aliphatic heterocycles. The van der Waals surface area contributed by atoms with Crippen LogP contribution in [0, 0.1) is 0 Å². The number of halogens is 1. The number of fused-ring (bicyclic) bond motifs is 1. The Kier molecular flexibility index (Phi) is 4.24. The van der Waals surface area contributed by atoms with Crippen LogP contribution in [0.25, 0.3) is 9.40 Å². The summed E-state index contributed by atoms with van der Waals surface area (Å²) in [4.78, 5) is 13.6. The van der Waals surface area contributed by atoms with Crippen molar-refractivity contribution in [2.75, 3.05) is 0 Å². The maximum Gasteiger partial charge on any atom is 0.261 e. The van der Waals surface area contributed by atoms with Gasteiger partial charge in [0.1, 0.15) is 0 Å². The van der Waals surface area contributed by atoms with Crippen molar-refractivity contribution in [2.45, 2.75) is 43.0 Å². The highest BCUT2D eigenvalue weighted by Gasteiger charge is 2.24. The Hall–Kier alpha value is -0.390. The van der Waals surface area contributed by atoms with Crippen LogP contribution in [-0.2, 0) is 0 Å². The number of nitrogens with one attached hydrogen (secondary N) is 1. The van der Waals surface area contributed by atoms with Gasteiger partial charge in [0.2, 0.25) is 0 Å². The van der Waals surface area contributed by atoms with Gasteiger partial charge in [0.05, 0.1) is 4.88 Å². The summed E-state index contributed by atoms with van der Waals surface area (Å²) < 4.78 is 2.43. The van der Waals surface area contributed by atoms with E-state index in [9.17, 15) is 4.79 Å². The van der Waals surface area contributed by atoms with E-state index in [2.05, 4.69) is 32.7 Å². The number of rotatable bonds is 2. The minimum Gasteiger partial charge on any atom is -0.347 e. The zero-order valence-electron chi connectivity index (χ0n) is 10.5. The molecule has 1 amide bonds. The van der Waals surface area contributed by atoms with E-state index < -0.39 is 0 Å². The monoisotopic (exact) mass is 357 g/mol. The molecular weight excluding hydrogens is 342 g/mol. The van der Waals surface area contributed by atoms with Crippen LogP contribution in [0.3, 0.4) is 0 Å². The van der Waals surface area contributed by atoms with Crippen LogP contribution < -0.4 is 5.32 Å². The van der Waals surface area contributed by atoms with Gasteiger partial charge in [0, 0.05) is 20.3 Å². The Morgan fingerprint density at radius 2 is 2.11 bits per heavy atom. The molecule has 2 aromatic heterocycles. The van der Waals surface area contributed by atoms with E-state index in [1.165, 1.54) is 28.7 Å². The predicted molar refractivity (Wildman–Crippen MR) is 86.8 cm³/mol. The van der Waals surface area contributed by atoms with Gasteiger partial charge in [-0.2, -0.15) is 0 Å². The summed E-state index contributed by atoms with van der Waals surface area (Å²) >= 11 is 7.01. The fourth-order valence-electron chi connectivity index (χ4n) is 2.54. The van der Waals surface area contributed by atoms with Crippen molar-refractivity contribution >= 4 is 53.9 Å². The molecule has 0 saturated heterocycles. The van der Waals surface area contributed by atoms with Crippen LogP contribution in [0.5, 0.6) is 0 Å². The molecule has 102 valence electrons. The molecule has 2 unspecified atom stereocenters. The summed E-state index contributed by atoms with van der Waals surface area (Å²) in [5.74, 6) is 0.0877. The first-order valence-electron chi connectivity index (χ1n) is 6.66. The van der Waals surface area contributed by atoms with E-state index in [0.29, 0.717) is 4.83 Å². The predicted octanol–water partition coefficient (Wildman–Crippen LogP) is 4.79. The van der Waals surface area contributed by atoms with Crippen LogP contribution in [-0.4, -0.2) is 16.8 Å². The van der Waals surface area contributed by atoms with E-state index >= 15 is 0 Å². The Morgan fingerprint density at radius 3 is 2.95 bits per heavy atom. The van der Waals surface area contributed by atoms with Gasteiger partial charge >= 0.3 is 0 Å². The SMILES string of the molecule is O=C(NC1CCCCCC1Br)c1cc2sccc2s1. The van der Waals surface area contributed by atoms with Gasteiger partial charge in [-0.1, -0.05) is 35.2 Å². The number of hydrogen-bond donors (Lipinski definition) is 1. The van der Waals surface area contributed by atoms with Crippen LogP contribution in [0.1, 0.15) is 41.8 Å². The van der Waals surface area contributed by atoms with E-state index in [1.54, 1.807) is 22.7 Å². The second-order valence-corrected chi connectivity index (χ2v) is 8.20. The first-order chi connectivity index (χ1) is 9.24. The van der Waals surface area contributed by atoms with E-state index in [4.69, 9.17) is 0 Å². The highest BCUT2D eigenvalue weighted by atomic mass is 79.9. The molecule has 1 aliphatic rings. The summed E-state index contributed by atoms with van der Waals surface area (Å²) in [6, 6.07) is 4.37. The minimum atomic E-state index is 0.0877. The summed E-state index contributed by atoms with van der Waals surface area (Å²) in [6.45, 7) is 0. The highest BCUT2D eigenvalue weighted by molar-refractivity contribution is 9.09. The normalized spacial score (nSPS) is 24.3. The van der Waals surface area contributed by atoms with Gasteiger partial charge in [0.15, 0.2) is 0 Å². The Labute approximate surface area is 129 Å². The van der Waals surface area contributed by atoms with Crippen molar-refractivity contribution in [2.24, 2.45) is 0 Å². The molecule has 0 spiro atoms. The molecule has 19 heavy (non-hydrogen) atoms. The number of amides is 1. The first-order valence-corrected chi connectivity index (χ1v) is 9.27. The van der Waals surface area contributed by atoms with Crippen LogP contribution >= 0.6 is 38.6 Å². The van der Waals surface area contributed by atoms with Crippen molar-refractivity contribution in [3.63, 3.8) is 0 Å². The summed E-state index contributed by atoms with van der Waals surface area (Å²) in [6.07, 6.45) is 6.00. The van der Waals surface area contributed by atoms with E-state index in [1.807, 2.05) is 6.07 Å². The van der Waals surface area contributed by atoms with E-state index in [-0.39, 0.29) is 11.9 Å². The third kappa shape index (κ3) is 3.03. The third-order valence-electron chi connectivity index (χ3n) is 3.61. The Morgan fingerprint density at radius 1 is 1.26 bits per heavy atom. The van der Waals surface area contributed by atoms with Gasteiger partial charge in [-0.3, -0.25) is 4.79 Å². The van der Waals surface area contributed by atoms with Gasteiger partial charge in [0.25, 0.3) is 5.91 Å². The molecule has 0 bridgehead atoms. The minimum absolute atomic E-state index is 0.0877. The molecule has 1 N–H and O–H groups in total. The molecule has 2 heterocycles. The lowest BCUT2D eigenvalue weighted by Crippen LogP contribution is -2.39. The maximum absolute atomic E-state index is 12.3. The lowest BCUT2D eigenvalue weighted by Gasteiger charge is -2.21. The standard InChI is InChI=1S/C14H16BrNOS2/c15-9-4-2-1-3-5-10(9)16-14(17)13-8-12-11(19-13)6-7-18-12/h6-10H,1-5H2,(H,16,17). The largest absolute Gasteiger partial charge is 0.347 e. The first kappa shape index (κ1) is 13.6. The Bertz CT molecular complexity index is 548. The van der Waals surface area contributed by atoms with Gasteiger partial charge < -0.3 is 5.32 Å². The molecule has 2 nitrogen and oxygen atoms in total. The van der Waals surface area contributed by atoms with Crippen molar-refractivity contribution in [1.29, 1.82) is 0 Å². The number of carbonyl (C=O) groups excluding carboxylic acids is 1. The lowest BCUT2D eigenvalue weighted by atomic mass is 10.1. The van der Waals surface area contributed by atoms with Crippen molar-refractivity contribution in [3.05, 3.63) is 22.4 Å². The summed E-state index contributed by atoms with van der Waals surface area (Å²) in [5.41, 5.74) is 0. The van der Waals surface area contributed by atoms with Crippen molar-refractivity contribution in [1.82, 2.24) is 5.32 Å². The van der Waals surface area contributed by atoms with Crippen LogP contribution in [0.15, 0.2) is 17.5 Å². The molecule has 5 heteroatoms. The maximum atomic E-state index is 12.3. The Balaban J connectivity index is 1.71. The highest BCUT2D eigenvalue weighted by Crippen LogP contribution is 2.30. The van der Waals surface area contributed by atoms with Crippen molar-refractivity contribution in [3.8, 4) is 0 Å². The number of alkyl halides is 1. The van der Waals surface area contributed by atoms with Gasteiger partial charge in [-0.15, -0.1) is 22.7 Å². The smallest absolute Gasteiger partial charge is 0.261 e. The fourth-order valence-corrected chi connectivity index (χ4v) is 5.27. The topological polar surface area (TPSA) is 29.1 Å². The number of hydrogen-bond acceptors (Lipinski definition) is 3. The molecule has 0 aromatic carbocycles. The summed E-state index contributed by atoms with van der Waals surface area (Å²) in [7, 11) is 0. The zero-order valence-corrected chi connectivity index (χ0v) is 13.7.